The monoisotopic (exact) mass is 362 g/mol. The number of carbonyl (C=O) groups is 2. The highest BCUT2D eigenvalue weighted by atomic mass is 32.2. The van der Waals surface area contributed by atoms with E-state index in [1.807, 2.05) is 0 Å². The Balaban J connectivity index is 2.09. The molecular formula is C17H18N2O5S. The first-order chi connectivity index (χ1) is 11.9. The molecule has 0 saturated carbocycles. The predicted octanol–water partition coefficient (Wildman–Crippen LogP) is 2.02. The van der Waals surface area contributed by atoms with Crippen LogP contribution < -0.4 is 10.0 Å². The van der Waals surface area contributed by atoms with Crippen LogP contribution in [-0.2, 0) is 14.8 Å². The van der Waals surface area contributed by atoms with Gasteiger partial charge in [0.05, 0.1) is 17.6 Å². The fourth-order valence-electron chi connectivity index (χ4n) is 2.07. The lowest BCUT2D eigenvalue weighted by molar-refractivity contribution is 0.0600. The van der Waals surface area contributed by atoms with Crippen LogP contribution in [0.5, 0.6) is 0 Å². The summed E-state index contributed by atoms with van der Waals surface area (Å²) in [6, 6.07) is 11.8. The molecule has 0 fully saturated rings. The summed E-state index contributed by atoms with van der Waals surface area (Å²) >= 11 is 0. The Labute approximate surface area is 146 Å². The molecule has 2 rings (SSSR count). The van der Waals surface area contributed by atoms with E-state index in [0.717, 1.165) is 0 Å². The Morgan fingerprint density at radius 2 is 1.52 bits per heavy atom. The van der Waals surface area contributed by atoms with E-state index in [0.29, 0.717) is 16.8 Å². The van der Waals surface area contributed by atoms with E-state index in [9.17, 15) is 18.0 Å². The van der Waals surface area contributed by atoms with Gasteiger partial charge in [-0.3, -0.25) is 4.79 Å². The molecule has 8 heteroatoms. The van der Waals surface area contributed by atoms with Crippen molar-refractivity contribution in [3.8, 4) is 0 Å². The lowest BCUT2D eigenvalue weighted by Gasteiger charge is -2.08. The summed E-state index contributed by atoms with van der Waals surface area (Å²) in [5.74, 6) is -0.853. The van der Waals surface area contributed by atoms with Crippen LogP contribution in [0.2, 0.25) is 0 Å². The molecule has 0 bridgehead atoms. The molecule has 2 aromatic carbocycles. The summed E-state index contributed by atoms with van der Waals surface area (Å²) < 4.78 is 30.7. The number of anilines is 1. The molecule has 0 atom stereocenters. The molecule has 25 heavy (non-hydrogen) atoms. The quantitative estimate of drug-likeness (QED) is 0.766. The van der Waals surface area contributed by atoms with Crippen molar-refractivity contribution in [3.63, 3.8) is 0 Å². The molecule has 132 valence electrons. The number of nitrogens with one attached hydrogen (secondary N) is 2. The Bertz CT molecular complexity index is 859. The van der Waals surface area contributed by atoms with Crippen molar-refractivity contribution >= 4 is 27.6 Å². The number of amides is 1. The van der Waals surface area contributed by atoms with E-state index in [-0.39, 0.29) is 11.4 Å². The molecule has 0 heterocycles. The number of hydrogen-bond donors (Lipinski definition) is 2. The number of carbonyl (C=O) groups excluding carboxylic acids is 2. The maximum Gasteiger partial charge on any atom is 0.337 e. The lowest BCUT2D eigenvalue weighted by Crippen LogP contribution is -2.23. The van der Waals surface area contributed by atoms with E-state index in [1.54, 1.807) is 19.1 Å². The van der Waals surface area contributed by atoms with Gasteiger partial charge >= 0.3 is 5.97 Å². The summed E-state index contributed by atoms with van der Waals surface area (Å²) in [5, 5.41) is 2.67. The molecule has 0 spiro atoms. The molecule has 0 aliphatic carbocycles. The minimum Gasteiger partial charge on any atom is -0.465 e. The van der Waals surface area contributed by atoms with Gasteiger partial charge in [-0.1, -0.05) is 6.92 Å². The average molecular weight is 362 g/mol. The number of methoxy groups -OCH3 is 1. The Morgan fingerprint density at radius 1 is 0.960 bits per heavy atom. The van der Waals surface area contributed by atoms with E-state index < -0.39 is 21.9 Å². The standard InChI is InChI=1S/C17H18N2O5S/c1-3-18-25(22,23)15-10-6-12(7-11-15)16(20)19-14-8-4-13(5-9-14)17(21)24-2/h4-11,18H,3H2,1-2H3,(H,19,20). The lowest BCUT2D eigenvalue weighted by atomic mass is 10.2. The molecule has 2 N–H and O–H groups in total. The van der Waals surface area contributed by atoms with Crippen LogP contribution in [0.25, 0.3) is 0 Å². The molecule has 0 aromatic heterocycles. The first-order valence-electron chi connectivity index (χ1n) is 7.47. The number of ether oxygens (including phenoxy) is 1. The van der Waals surface area contributed by atoms with Crippen LogP contribution >= 0.6 is 0 Å². The van der Waals surface area contributed by atoms with Crippen molar-refractivity contribution in [2.75, 3.05) is 19.0 Å². The topological polar surface area (TPSA) is 102 Å². The molecule has 7 nitrogen and oxygen atoms in total. The molecule has 0 radical (unpaired) electrons. The number of benzene rings is 2. The zero-order valence-electron chi connectivity index (χ0n) is 13.8. The van der Waals surface area contributed by atoms with Crippen molar-refractivity contribution in [1.82, 2.24) is 4.72 Å². The molecule has 0 saturated heterocycles. The zero-order chi connectivity index (χ0) is 18.4. The summed E-state index contributed by atoms with van der Waals surface area (Å²) in [6.07, 6.45) is 0. The van der Waals surface area contributed by atoms with Crippen LogP contribution in [0.1, 0.15) is 27.6 Å². The second-order valence-corrected chi connectivity index (χ2v) is 6.82. The van der Waals surface area contributed by atoms with Gasteiger partial charge in [0.2, 0.25) is 10.0 Å². The number of esters is 1. The third-order valence-electron chi connectivity index (χ3n) is 3.33. The second-order valence-electron chi connectivity index (χ2n) is 5.05. The van der Waals surface area contributed by atoms with Crippen LogP contribution in [0.3, 0.4) is 0 Å². The Kier molecular flexibility index (Phi) is 5.89. The van der Waals surface area contributed by atoms with Gasteiger partial charge in [-0.25, -0.2) is 17.9 Å². The van der Waals surface area contributed by atoms with Crippen LogP contribution in [0.4, 0.5) is 5.69 Å². The minimum absolute atomic E-state index is 0.0910. The summed E-state index contributed by atoms with van der Waals surface area (Å²) in [5.41, 5.74) is 1.19. The first-order valence-corrected chi connectivity index (χ1v) is 8.95. The highest BCUT2D eigenvalue weighted by Gasteiger charge is 2.14. The second kappa shape index (κ2) is 7.91. The maximum absolute atomic E-state index is 12.2. The van der Waals surface area contributed by atoms with Crippen LogP contribution in [0, 0.1) is 0 Å². The predicted molar refractivity (Wildman–Crippen MR) is 93.0 cm³/mol. The Hall–Kier alpha value is -2.71. The molecular weight excluding hydrogens is 344 g/mol. The highest BCUT2D eigenvalue weighted by Crippen LogP contribution is 2.14. The van der Waals surface area contributed by atoms with Gasteiger partial charge in [0.25, 0.3) is 5.91 Å². The van der Waals surface area contributed by atoms with Gasteiger partial charge < -0.3 is 10.1 Å². The highest BCUT2D eigenvalue weighted by molar-refractivity contribution is 7.89. The van der Waals surface area contributed by atoms with Crippen LogP contribution in [0.15, 0.2) is 53.4 Å². The zero-order valence-corrected chi connectivity index (χ0v) is 14.6. The number of rotatable bonds is 6. The van der Waals surface area contributed by atoms with Crippen molar-refractivity contribution in [2.24, 2.45) is 0 Å². The largest absolute Gasteiger partial charge is 0.465 e. The third-order valence-corrected chi connectivity index (χ3v) is 4.89. The van der Waals surface area contributed by atoms with Crippen molar-refractivity contribution < 1.29 is 22.7 Å². The summed E-state index contributed by atoms with van der Waals surface area (Å²) in [4.78, 5) is 23.7. The number of sulfonamides is 1. The SMILES string of the molecule is CCNS(=O)(=O)c1ccc(C(=O)Nc2ccc(C(=O)OC)cc2)cc1. The van der Waals surface area contributed by atoms with Gasteiger partial charge in [0.1, 0.15) is 0 Å². The molecule has 0 aliphatic heterocycles. The number of hydrogen-bond acceptors (Lipinski definition) is 5. The molecule has 1 amide bonds. The van der Waals surface area contributed by atoms with Crippen molar-refractivity contribution in [2.45, 2.75) is 11.8 Å². The fourth-order valence-corrected chi connectivity index (χ4v) is 3.11. The van der Waals surface area contributed by atoms with Gasteiger partial charge in [-0.2, -0.15) is 0 Å². The van der Waals surface area contributed by atoms with E-state index in [1.165, 1.54) is 43.5 Å². The average Bonchev–Trinajstić information content (AvgIpc) is 2.61. The van der Waals surface area contributed by atoms with Gasteiger partial charge in [-0.15, -0.1) is 0 Å². The minimum atomic E-state index is -3.55. The maximum atomic E-state index is 12.2. The van der Waals surface area contributed by atoms with Gasteiger partial charge in [-0.05, 0) is 48.5 Å². The van der Waals surface area contributed by atoms with E-state index in [2.05, 4.69) is 14.8 Å². The fraction of sp³-hybridized carbons (Fsp3) is 0.176. The first kappa shape index (κ1) is 18.6. The van der Waals surface area contributed by atoms with Gasteiger partial charge in [0.15, 0.2) is 0 Å². The Morgan fingerprint density at radius 3 is 2.04 bits per heavy atom. The van der Waals surface area contributed by atoms with Crippen LogP contribution in [-0.4, -0.2) is 33.9 Å². The third kappa shape index (κ3) is 4.65. The summed E-state index contributed by atoms with van der Waals surface area (Å²) in [7, 11) is -2.26. The van der Waals surface area contributed by atoms with Gasteiger partial charge in [0, 0.05) is 17.8 Å². The normalized spacial score (nSPS) is 11.0. The molecule has 0 aliphatic rings. The van der Waals surface area contributed by atoms with E-state index >= 15 is 0 Å². The summed E-state index contributed by atoms with van der Waals surface area (Å²) in [6.45, 7) is 1.97. The van der Waals surface area contributed by atoms with Crippen molar-refractivity contribution in [1.29, 1.82) is 0 Å². The molecule has 2 aromatic rings. The van der Waals surface area contributed by atoms with Crippen molar-refractivity contribution in [3.05, 3.63) is 59.7 Å². The smallest absolute Gasteiger partial charge is 0.337 e. The van der Waals surface area contributed by atoms with E-state index in [4.69, 9.17) is 0 Å². The molecule has 0 unspecified atom stereocenters.